The van der Waals surface area contributed by atoms with Crippen LogP contribution in [0.15, 0.2) is 18.6 Å². The lowest BCUT2D eigenvalue weighted by Gasteiger charge is -1.95. The maximum atomic E-state index is 8.59. The highest BCUT2D eigenvalue weighted by Crippen LogP contribution is 2.14. The Kier molecular flexibility index (Phi) is 1.23. The van der Waals surface area contributed by atoms with Crippen molar-refractivity contribution in [3.8, 4) is 0 Å². The predicted molar refractivity (Wildman–Crippen MR) is 39.3 cm³/mol. The van der Waals surface area contributed by atoms with Gasteiger partial charge in [0.25, 0.3) is 0 Å². The minimum Gasteiger partial charge on any atom is -0.344 e. The zero-order chi connectivity index (χ0) is 7.68. The van der Waals surface area contributed by atoms with E-state index in [-0.39, 0.29) is 0 Å². The van der Waals surface area contributed by atoms with Gasteiger partial charge in [0.2, 0.25) is 0 Å². The maximum absolute atomic E-state index is 8.59. The van der Waals surface area contributed by atoms with Gasteiger partial charge in [-0.15, -0.1) is 0 Å². The first kappa shape index (κ1) is 6.11. The minimum atomic E-state index is 0.365. The fourth-order valence-corrected chi connectivity index (χ4v) is 0.949. The summed E-state index contributed by atoms with van der Waals surface area (Å²) in [4.78, 5) is 10.7. The summed E-state index contributed by atoms with van der Waals surface area (Å²) in [5.41, 5.74) is 3.44. The van der Waals surface area contributed by atoms with Gasteiger partial charge in [-0.2, -0.15) is 0 Å². The quantitative estimate of drug-likeness (QED) is 0.524. The van der Waals surface area contributed by atoms with E-state index in [1.54, 1.807) is 18.6 Å². The van der Waals surface area contributed by atoms with E-state index >= 15 is 0 Å². The van der Waals surface area contributed by atoms with E-state index in [1.165, 1.54) is 0 Å². The van der Waals surface area contributed by atoms with Gasteiger partial charge in [-0.25, -0.2) is 9.97 Å². The van der Waals surface area contributed by atoms with Crippen LogP contribution in [0.1, 0.15) is 0 Å². The van der Waals surface area contributed by atoms with Crippen molar-refractivity contribution >= 4 is 16.9 Å². The summed E-state index contributed by atoms with van der Waals surface area (Å²) in [6.07, 6.45) is 3.13. The number of hydrogen-bond donors (Lipinski definition) is 3. The Hall–Kier alpha value is -1.62. The number of nitrogens with zero attached hydrogens (tertiary/aromatic N) is 2. The Labute approximate surface area is 62.1 Å². The molecule has 0 spiro atoms. The lowest BCUT2D eigenvalue weighted by Crippen LogP contribution is -1.92. The van der Waals surface area contributed by atoms with Crippen LogP contribution >= 0.6 is 0 Å². The Morgan fingerprint density at radius 2 is 2.36 bits per heavy atom. The van der Waals surface area contributed by atoms with Crippen molar-refractivity contribution in [2.45, 2.75) is 0 Å². The number of pyridine rings is 1. The second kappa shape index (κ2) is 2.21. The van der Waals surface area contributed by atoms with E-state index in [0.29, 0.717) is 11.3 Å². The summed E-state index contributed by atoms with van der Waals surface area (Å²) in [7, 11) is 0. The van der Waals surface area contributed by atoms with E-state index < -0.39 is 0 Å². The zero-order valence-electron chi connectivity index (χ0n) is 5.57. The highest BCUT2D eigenvalue weighted by molar-refractivity contribution is 5.84. The third-order valence-electron chi connectivity index (χ3n) is 1.44. The van der Waals surface area contributed by atoms with Crippen LogP contribution in [0.5, 0.6) is 0 Å². The molecule has 0 amide bonds. The Bertz CT molecular complexity index is 369. The minimum absolute atomic E-state index is 0.365. The van der Waals surface area contributed by atoms with Crippen molar-refractivity contribution in [3.05, 3.63) is 18.6 Å². The van der Waals surface area contributed by atoms with Crippen molar-refractivity contribution in [2.24, 2.45) is 0 Å². The van der Waals surface area contributed by atoms with Crippen LogP contribution in [0.25, 0.3) is 11.0 Å². The molecule has 0 aliphatic rings. The lowest BCUT2D eigenvalue weighted by molar-refractivity contribution is 0.387. The molecular formula is C6H6N4O. The first-order chi connectivity index (χ1) is 5.42. The standard InChI is InChI=1S/C6H6N4O/c11-10-6-5-4(1-2-7-6)8-3-9-5/h1-3,11H,(H,7,10)(H,8,9). The molecule has 2 rings (SSSR count). The highest BCUT2D eigenvalue weighted by atomic mass is 16.5. The molecule has 0 bridgehead atoms. The van der Waals surface area contributed by atoms with Gasteiger partial charge in [-0.05, 0) is 6.07 Å². The first-order valence-corrected chi connectivity index (χ1v) is 3.10. The Morgan fingerprint density at radius 3 is 3.18 bits per heavy atom. The van der Waals surface area contributed by atoms with Gasteiger partial charge < -0.3 is 4.98 Å². The molecule has 56 valence electrons. The Morgan fingerprint density at radius 1 is 1.45 bits per heavy atom. The third kappa shape index (κ3) is 0.821. The fourth-order valence-electron chi connectivity index (χ4n) is 0.949. The van der Waals surface area contributed by atoms with E-state index in [2.05, 4.69) is 15.0 Å². The number of rotatable bonds is 1. The SMILES string of the molecule is ONc1nccc2[nH]cnc12. The molecule has 0 saturated carbocycles. The highest BCUT2D eigenvalue weighted by Gasteiger charge is 2.01. The van der Waals surface area contributed by atoms with Crippen molar-refractivity contribution < 1.29 is 5.21 Å². The number of nitrogens with one attached hydrogen (secondary N) is 2. The second-order valence-corrected chi connectivity index (χ2v) is 2.07. The molecular weight excluding hydrogens is 144 g/mol. The maximum Gasteiger partial charge on any atom is 0.178 e. The van der Waals surface area contributed by atoms with Gasteiger partial charge in [-0.3, -0.25) is 10.7 Å². The van der Waals surface area contributed by atoms with Gasteiger partial charge in [-0.1, -0.05) is 0 Å². The summed E-state index contributed by atoms with van der Waals surface area (Å²) in [6.45, 7) is 0. The van der Waals surface area contributed by atoms with Crippen LogP contribution in [0, 0.1) is 0 Å². The molecule has 5 nitrogen and oxygen atoms in total. The van der Waals surface area contributed by atoms with Crippen molar-refractivity contribution in [2.75, 3.05) is 5.48 Å². The summed E-state index contributed by atoms with van der Waals surface area (Å²) in [5, 5.41) is 8.59. The molecule has 11 heavy (non-hydrogen) atoms. The zero-order valence-corrected chi connectivity index (χ0v) is 5.57. The number of aromatic nitrogens is 3. The summed E-state index contributed by atoms with van der Waals surface area (Å²) < 4.78 is 0. The monoisotopic (exact) mass is 150 g/mol. The van der Waals surface area contributed by atoms with E-state index in [1.807, 2.05) is 5.48 Å². The lowest BCUT2D eigenvalue weighted by atomic mass is 10.4. The van der Waals surface area contributed by atoms with Crippen molar-refractivity contribution in [3.63, 3.8) is 0 Å². The normalized spacial score (nSPS) is 10.3. The van der Waals surface area contributed by atoms with E-state index in [0.717, 1.165) is 5.52 Å². The van der Waals surface area contributed by atoms with Crippen molar-refractivity contribution in [1.29, 1.82) is 0 Å². The van der Waals surface area contributed by atoms with E-state index in [4.69, 9.17) is 5.21 Å². The summed E-state index contributed by atoms with van der Waals surface area (Å²) in [6, 6.07) is 1.78. The molecule has 0 aromatic carbocycles. The average Bonchev–Trinajstić information content (AvgIpc) is 2.50. The molecule has 2 aromatic rings. The van der Waals surface area contributed by atoms with Crippen LogP contribution in [-0.2, 0) is 0 Å². The van der Waals surface area contributed by atoms with Crippen LogP contribution in [0.2, 0.25) is 0 Å². The fraction of sp³-hybridized carbons (Fsp3) is 0. The molecule has 0 aliphatic carbocycles. The van der Waals surface area contributed by atoms with Gasteiger partial charge in [0.1, 0.15) is 5.52 Å². The van der Waals surface area contributed by atoms with E-state index in [9.17, 15) is 0 Å². The van der Waals surface area contributed by atoms with Gasteiger partial charge in [0.15, 0.2) is 5.82 Å². The molecule has 3 N–H and O–H groups in total. The first-order valence-electron chi connectivity index (χ1n) is 3.10. The number of hydrogen-bond acceptors (Lipinski definition) is 4. The van der Waals surface area contributed by atoms with Crippen LogP contribution in [-0.4, -0.2) is 20.2 Å². The Balaban J connectivity index is 2.79. The molecule has 0 unspecified atom stereocenters. The molecule has 0 fully saturated rings. The number of imidazole rings is 1. The topological polar surface area (TPSA) is 73.8 Å². The number of aromatic amines is 1. The average molecular weight is 150 g/mol. The summed E-state index contributed by atoms with van der Waals surface area (Å²) in [5.74, 6) is 0.365. The van der Waals surface area contributed by atoms with Crippen molar-refractivity contribution in [1.82, 2.24) is 15.0 Å². The second-order valence-electron chi connectivity index (χ2n) is 2.07. The van der Waals surface area contributed by atoms with Crippen LogP contribution in [0.3, 0.4) is 0 Å². The number of fused-ring (bicyclic) bond motifs is 1. The number of anilines is 1. The van der Waals surface area contributed by atoms with Crippen LogP contribution in [0.4, 0.5) is 5.82 Å². The third-order valence-corrected chi connectivity index (χ3v) is 1.44. The molecule has 0 aliphatic heterocycles. The summed E-state index contributed by atoms with van der Waals surface area (Å²) >= 11 is 0. The molecule has 0 radical (unpaired) electrons. The van der Waals surface area contributed by atoms with Crippen LogP contribution < -0.4 is 5.48 Å². The molecule has 5 heteroatoms. The number of H-pyrrole nitrogens is 1. The molecule has 2 heterocycles. The molecule has 0 saturated heterocycles. The van der Waals surface area contributed by atoms with Gasteiger partial charge >= 0.3 is 0 Å². The smallest absolute Gasteiger partial charge is 0.178 e. The molecule has 0 atom stereocenters. The van der Waals surface area contributed by atoms with Gasteiger partial charge in [0, 0.05) is 6.20 Å². The van der Waals surface area contributed by atoms with Gasteiger partial charge in [0.05, 0.1) is 11.8 Å². The molecule has 2 aromatic heterocycles. The largest absolute Gasteiger partial charge is 0.344 e. The predicted octanol–water partition coefficient (Wildman–Crippen LogP) is 0.759.